The molecule has 0 aliphatic rings. The van der Waals surface area contributed by atoms with Gasteiger partial charge in [0.2, 0.25) is 0 Å². The molecule has 1 aromatic heterocycles. The lowest BCUT2D eigenvalue weighted by molar-refractivity contribution is 0.672. The van der Waals surface area contributed by atoms with Gasteiger partial charge in [-0.3, -0.25) is 0 Å². The highest BCUT2D eigenvalue weighted by atomic mass is 32.1. The molecule has 0 bridgehead atoms. The van der Waals surface area contributed by atoms with Gasteiger partial charge in [-0.05, 0) is 25.0 Å². The lowest BCUT2D eigenvalue weighted by Gasteiger charge is -2.16. The lowest BCUT2D eigenvalue weighted by Crippen LogP contribution is -2.16. The Hall–Kier alpha value is -1.35. The summed E-state index contributed by atoms with van der Waals surface area (Å²) < 4.78 is 0. The van der Waals surface area contributed by atoms with Gasteiger partial charge in [0.05, 0.1) is 11.2 Å². The Morgan fingerprint density at radius 1 is 1.29 bits per heavy atom. The van der Waals surface area contributed by atoms with E-state index in [-0.39, 0.29) is 0 Å². The van der Waals surface area contributed by atoms with Crippen molar-refractivity contribution in [2.45, 2.75) is 32.7 Å². The van der Waals surface area contributed by atoms with Gasteiger partial charge in [-0.2, -0.15) is 0 Å². The van der Waals surface area contributed by atoms with Crippen LogP contribution in [0.1, 0.15) is 26.7 Å². The molecular weight excluding hydrogens is 228 g/mol. The molecule has 0 atom stereocenters. The average molecular weight is 246 g/mol. The predicted octanol–water partition coefficient (Wildman–Crippen LogP) is 4.41. The third-order valence-corrected chi connectivity index (χ3v) is 3.53. The molecule has 0 radical (unpaired) electrons. The number of hydrogen-bond donors (Lipinski definition) is 1. The van der Waals surface area contributed by atoms with E-state index < -0.39 is 0 Å². The number of benzene rings is 1. The molecular formula is C14H18N2S. The van der Waals surface area contributed by atoms with Gasteiger partial charge in [-0.25, -0.2) is 4.98 Å². The highest BCUT2D eigenvalue weighted by Gasteiger charge is 2.05. The minimum atomic E-state index is 0.556. The summed E-state index contributed by atoms with van der Waals surface area (Å²) in [5.41, 5.74) is 5.30. The predicted molar refractivity (Wildman–Crippen MR) is 75.5 cm³/mol. The highest BCUT2D eigenvalue weighted by Crippen LogP contribution is 2.23. The van der Waals surface area contributed by atoms with Crippen molar-refractivity contribution in [3.8, 4) is 11.3 Å². The first-order valence-corrected chi connectivity index (χ1v) is 7.03. The van der Waals surface area contributed by atoms with E-state index in [1.807, 2.05) is 5.51 Å². The largest absolute Gasteiger partial charge is 0.382 e. The van der Waals surface area contributed by atoms with Crippen LogP contribution in [0.2, 0.25) is 0 Å². The van der Waals surface area contributed by atoms with E-state index in [9.17, 15) is 0 Å². The molecule has 0 saturated carbocycles. The van der Waals surface area contributed by atoms with E-state index in [1.165, 1.54) is 11.3 Å². The molecule has 0 unspecified atom stereocenters. The monoisotopic (exact) mass is 246 g/mol. The Morgan fingerprint density at radius 3 is 2.76 bits per heavy atom. The standard InChI is InChI=1S/C14H18N2S/c1-3-12(4-2)16-13-7-5-6-11(8-13)14-9-17-10-15-14/h5-10,12,16H,3-4H2,1-2H3. The molecule has 2 nitrogen and oxygen atoms in total. The van der Waals surface area contributed by atoms with Crippen LogP contribution >= 0.6 is 11.3 Å². The first-order valence-electron chi connectivity index (χ1n) is 6.08. The lowest BCUT2D eigenvalue weighted by atomic mass is 10.1. The van der Waals surface area contributed by atoms with Gasteiger partial charge in [0.15, 0.2) is 0 Å². The normalized spacial score (nSPS) is 10.8. The van der Waals surface area contributed by atoms with E-state index in [4.69, 9.17) is 0 Å². The molecule has 1 aromatic carbocycles. The molecule has 0 fully saturated rings. The van der Waals surface area contributed by atoms with Crippen molar-refractivity contribution in [3.05, 3.63) is 35.2 Å². The second-order valence-corrected chi connectivity index (χ2v) is 4.83. The molecule has 1 heterocycles. The Bertz CT molecular complexity index is 447. The van der Waals surface area contributed by atoms with Gasteiger partial charge in [-0.1, -0.05) is 26.0 Å². The van der Waals surface area contributed by atoms with Crippen molar-refractivity contribution in [1.82, 2.24) is 4.98 Å². The van der Waals surface area contributed by atoms with Crippen LogP contribution in [0.3, 0.4) is 0 Å². The van der Waals surface area contributed by atoms with Crippen LogP contribution in [-0.2, 0) is 0 Å². The first-order chi connectivity index (χ1) is 8.33. The zero-order valence-corrected chi connectivity index (χ0v) is 11.1. The minimum Gasteiger partial charge on any atom is -0.382 e. The van der Waals surface area contributed by atoms with Crippen molar-refractivity contribution in [3.63, 3.8) is 0 Å². The Balaban J connectivity index is 2.17. The molecule has 0 saturated heterocycles. The third kappa shape index (κ3) is 3.07. The summed E-state index contributed by atoms with van der Waals surface area (Å²) in [6, 6.07) is 9.04. The van der Waals surface area contributed by atoms with E-state index in [1.54, 1.807) is 11.3 Å². The van der Waals surface area contributed by atoms with Crippen LogP contribution in [0.15, 0.2) is 35.2 Å². The van der Waals surface area contributed by atoms with Gasteiger partial charge >= 0.3 is 0 Å². The zero-order chi connectivity index (χ0) is 12.1. The fraction of sp³-hybridized carbons (Fsp3) is 0.357. The van der Waals surface area contributed by atoms with E-state index >= 15 is 0 Å². The van der Waals surface area contributed by atoms with E-state index in [0.29, 0.717) is 6.04 Å². The number of nitrogens with zero attached hydrogens (tertiary/aromatic N) is 1. The molecule has 17 heavy (non-hydrogen) atoms. The summed E-state index contributed by atoms with van der Waals surface area (Å²) in [5, 5.41) is 5.64. The van der Waals surface area contributed by atoms with Crippen LogP contribution in [0.4, 0.5) is 5.69 Å². The topological polar surface area (TPSA) is 24.9 Å². The number of aromatic nitrogens is 1. The fourth-order valence-electron chi connectivity index (χ4n) is 1.85. The van der Waals surface area contributed by atoms with E-state index in [0.717, 1.165) is 18.5 Å². The van der Waals surface area contributed by atoms with Crippen LogP contribution in [0.25, 0.3) is 11.3 Å². The molecule has 0 aliphatic heterocycles. The number of thiazole rings is 1. The molecule has 2 rings (SSSR count). The maximum absolute atomic E-state index is 4.34. The Labute approximate surface area is 107 Å². The number of hydrogen-bond acceptors (Lipinski definition) is 3. The van der Waals surface area contributed by atoms with Crippen molar-refractivity contribution in [2.75, 3.05) is 5.32 Å². The molecule has 1 N–H and O–H groups in total. The first kappa shape index (κ1) is 12.1. The van der Waals surface area contributed by atoms with Gasteiger partial charge in [0, 0.05) is 22.7 Å². The third-order valence-electron chi connectivity index (χ3n) is 2.95. The smallest absolute Gasteiger partial charge is 0.0811 e. The molecule has 0 spiro atoms. The second kappa shape index (κ2) is 5.82. The van der Waals surface area contributed by atoms with Crippen LogP contribution < -0.4 is 5.32 Å². The average Bonchev–Trinajstić information content (AvgIpc) is 2.90. The number of rotatable bonds is 5. The molecule has 90 valence electrons. The fourth-order valence-corrected chi connectivity index (χ4v) is 2.41. The number of anilines is 1. The van der Waals surface area contributed by atoms with Crippen molar-refractivity contribution >= 4 is 17.0 Å². The van der Waals surface area contributed by atoms with Gasteiger partial charge in [0.25, 0.3) is 0 Å². The summed E-state index contributed by atoms with van der Waals surface area (Å²) in [7, 11) is 0. The molecule has 0 amide bonds. The highest BCUT2D eigenvalue weighted by molar-refractivity contribution is 7.07. The van der Waals surface area contributed by atoms with Crippen LogP contribution in [0.5, 0.6) is 0 Å². The maximum atomic E-state index is 4.34. The summed E-state index contributed by atoms with van der Waals surface area (Å²) in [6.45, 7) is 4.43. The SMILES string of the molecule is CCC(CC)Nc1cccc(-c2cscn2)c1. The van der Waals surface area contributed by atoms with Gasteiger partial charge in [0.1, 0.15) is 0 Å². The number of nitrogens with one attached hydrogen (secondary N) is 1. The summed E-state index contributed by atoms with van der Waals surface area (Å²) in [4.78, 5) is 4.34. The molecule has 2 aromatic rings. The maximum Gasteiger partial charge on any atom is 0.0811 e. The second-order valence-electron chi connectivity index (χ2n) is 4.11. The minimum absolute atomic E-state index is 0.556. The Morgan fingerprint density at radius 2 is 2.12 bits per heavy atom. The van der Waals surface area contributed by atoms with Gasteiger partial charge < -0.3 is 5.32 Å². The molecule has 0 aliphatic carbocycles. The summed E-state index contributed by atoms with van der Waals surface area (Å²) >= 11 is 1.63. The zero-order valence-electron chi connectivity index (χ0n) is 10.3. The van der Waals surface area contributed by atoms with E-state index in [2.05, 4.69) is 53.8 Å². The van der Waals surface area contributed by atoms with Crippen LogP contribution in [0, 0.1) is 0 Å². The molecule has 3 heteroatoms. The summed E-state index contributed by atoms with van der Waals surface area (Å²) in [5.74, 6) is 0. The Kier molecular flexibility index (Phi) is 4.15. The van der Waals surface area contributed by atoms with Crippen LogP contribution in [-0.4, -0.2) is 11.0 Å². The quantitative estimate of drug-likeness (QED) is 0.845. The van der Waals surface area contributed by atoms with Crippen molar-refractivity contribution < 1.29 is 0 Å². The van der Waals surface area contributed by atoms with Crippen molar-refractivity contribution in [1.29, 1.82) is 0 Å². The van der Waals surface area contributed by atoms with Gasteiger partial charge in [-0.15, -0.1) is 11.3 Å². The van der Waals surface area contributed by atoms with Crippen molar-refractivity contribution in [2.24, 2.45) is 0 Å². The summed E-state index contributed by atoms with van der Waals surface area (Å²) in [6.07, 6.45) is 2.30.